The number of likely N-dealkylation sites (tertiary alicyclic amines) is 1. The SMILES string of the molecule is CCC1(CC)CCN(C(C)CNC(C)(C)C)C1. The zero-order valence-corrected chi connectivity index (χ0v) is 12.8. The predicted molar refractivity (Wildman–Crippen MR) is 76.4 cm³/mol. The molecule has 0 aromatic heterocycles. The number of rotatable bonds is 5. The fourth-order valence-electron chi connectivity index (χ4n) is 2.76. The summed E-state index contributed by atoms with van der Waals surface area (Å²) in [5.74, 6) is 0. The molecule has 1 fully saturated rings. The van der Waals surface area contributed by atoms with Crippen LogP contribution in [0.1, 0.15) is 60.8 Å². The minimum atomic E-state index is 0.237. The summed E-state index contributed by atoms with van der Waals surface area (Å²) >= 11 is 0. The Kier molecular flexibility index (Phi) is 5.03. The van der Waals surface area contributed by atoms with Gasteiger partial charge in [0.25, 0.3) is 0 Å². The van der Waals surface area contributed by atoms with Gasteiger partial charge in [-0.1, -0.05) is 13.8 Å². The molecule has 102 valence electrons. The van der Waals surface area contributed by atoms with Crippen LogP contribution in [-0.2, 0) is 0 Å². The first kappa shape index (κ1) is 15.0. The van der Waals surface area contributed by atoms with Crippen molar-refractivity contribution in [3.8, 4) is 0 Å². The normalized spacial score (nSPS) is 22.9. The van der Waals surface area contributed by atoms with Crippen molar-refractivity contribution in [3.63, 3.8) is 0 Å². The molecule has 2 nitrogen and oxygen atoms in total. The van der Waals surface area contributed by atoms with Gasteiger partial charge in [0.1, 0.15) is 0 Å². The van der Waals surface area contributed by atoms with E-state index in [9.17, 15) is 0 Å². The summed E-state index contributed by atoms with van der Waals surface area (Å²) in [4.78, 5) is 2.67. The molecular weight excluding hydrogens is 208 g/mol. The summed E-state index contributed by atoms with van der Waals surface area (Å²) in [7, 11) is 0. The maximum Gasteiger partial charge on any atom is 0.0192 e. The van der Waals surface area contributed by atoms with E-state index >= 15 is 0 Å². The van der Waals surface area contributed by atoms with E-state index in [-0.39, 0.29) is 5.54 Å². The van der Waals surface area contributed by atoms with Crippen molar-refractivity contribution in [2.24, 2.45) is 5.41 Å². The molecular formula is C15H32N2. The van der Waals surface area contributed by atoms with Crippen LogP contribution in [0.25, 0.3) is 0 Å². The molecule has 0 aromatic carbocycles. The third kappa shape index (κ3) is 4.26. The number of nitrogens with one attached hydrogen (secondary N) is 1. The smallest absolute Gasteiger partial charge is 0.0192 e. The summed E-state index contributed by atoms with van der Waals surface area (Å²) in [6.45, 7) is 17.5. The minimum absolute atomic E-state index is 0.237. The lowest BCUT2D eigenvalue weighted by Crippen LogP contribution is -2.46. The molecule has 1 heterocycles. The summed E-state index contributed by atoms with van der Waals surface area (Å²) in [5.41, 5.74) is 0.844. The highest BCUT2D eigenvalue weighted by molar-refractivity contribution is 4.90. The first-order valence-electron chi connectivity index (χ1n) is 7.31. The van der Waals surface area contributed by atoms with Crippen molar-refractivity contribution in [2.75, 3.05) is 19.6 Å². The van der Waals surface area contributed by atoms with Crippen molar-refractivity contribution in [3.05, 3.63) is 0 Å². The Morgan fingerprint density at radius 2 is 1.82 bits per heavy atom. The van der Waals surface area contributed by atoms with Gasteiger partial charge in [-0.25, -0.2) is 0 Å². The highest BCUT2D eigenvalue weighted by atomic mass is 15.2. The summed E-state index contributed by atoms with van der Waals surface area (Å²) in [6, 6.07) is 0.661. The Labute approximate surface area is 108 Å². The van der Waals surface area contributed by atoms with E-state index < -0.39 is 0 Å². The monoisotopic (exact) mass is 240 g/mol. The van der Waals surface area contributed by atoms with E-state index in [0.29, 0.717) is 11.5 Å². The molecule has 0 aliphatic carbocycles. The van der Waals surface area contributed by atoms with Gasteiger partial charge in [0, 0.05) is 24.7 Å². The van der Waals surface area contributed by atoms with Gasteiger partial charge >= 0.3 is 0 Å². The van der Waals surface area contributed by atoms with Crippen molar-refractivity contribution >= 4 is 0 Å². The third-order valence-corrected chi connectivity index (χ3v) is 4.52. The maximum atomic E-state index is 3.62. The van der Waals surface area contributed by atoms with E-state index in [4.69, 9.17) is 0 Å². The van der Waals surface area contributed by atoms with Gasteiger partial charge in [0.05, 0.1) is 0 Å². The topological polar surface area (TPSA) is 15.3 Å². The van der Waals surface area contributed by atoms with Crippen molar-refractivity contribution in [1.29, 1.82) is 0 Å². The summed E-state index contributed by atoms with van der Waals surface area (Å²) in [5, 5.41) is 3.62. The molecule has 1 aliphatic rings. The standard InChI is InChI=1S/C15H32N2/c1-7-15(8-2)9-10-17(12-15)13(3)11-16-14(4,5)6/h13,16H,7-12H2,1-6H3. The van der Waals surface area contributed by atoms with Crippen LogP contribution in [-0.4, -0.2) is 36.1 Å². The van der Waals surface area contributed by atoms with E-state index in [1.165, 1.54) is 32.4 Å². The van der Waals surface area contributed by atoms with Crippen LogP contribution in [0.4, 0.5) is 0 Å². The molecule has 1 atom stereocenters. The molecule has 1 rings (SSSR count). The quantitative estimate of drug-likeness (QED) is 0.793. The lowest BCUT2D eigenvalue weighted by molar-refractivity contribution is 0.192. The maximum absolute atomic E-state index is 3.62. The molecule has 0 amide bonds. The van der Waals surface area contributed by atoms with Crippen molar-refractivity contribution in [1.82, 2.24) is 10.2 Å². The van der Waals surface area contributed by atoms with E-state index in [1.807, 2.05) is 0 Å². The molecule has 0 saturated carbocycles. The van der Waals surface area contributed by atoms with Crippen molar-refractivity contribution in [2.45, 2.75) is 72.4 Å². The van der Waals surface area contributed by atoms with Gasteiger partial charge in [-0.3, -0.25) is 4.90 Å². The van der Waals surface area contributed by atoms with Gasteiger partial charge in [-0.2, -0.15) is 0 Å². The number of nitrogens with zero attached hydrogens (tertiary/aromatic N) is 1. The summed E-state index contributed by atoms with van der Waals surface area (Å²) in [6.07, 6.45) is 4.05. The molecule has 0 spiro atoms. The molecule has 1 saturated heterocycles. The molecule has 0 aromatic rings. The van der Waals surface area contributed by atoms with Crippen LogP contribution in [0.2, 0.25) is 0 Å². The lowest BCUT2D eigenvalue weighted by atomic mass is 9.82. The van der Waals surface area contributed by atoms with Gasteiger partial charge < -0.3 is 5.32 Å². The van der Waals surface area contributed by atoms with Crippen molar-refractivity contribution < 1.29 is 0 Å². The molecule has 0 bridgehead atoms. The molecule has 1 unspecified atom stereocenters. The fraction of sp³-hybridized carbons (Fsp3) is 1.00. The number of hydrogen-bond acceptors (Lipinski definition) is 2. The Morgan fingerprint density at radius 1 is 1.24 bits per heavy atom. The Hall–Kier alpha value is -0.0800. The first-order valence-corrected chi connectivity index (χ1v) is 7.31. The van der Waals surface area contributed by atoms with Crippen LogP contribution in [0.3, 0.4) is 0 Å². The fourth-order valence-corrected chi connectivity index (χ4v) is 2.76. The summed E-state index contributed by atoms with van der Waals surface area (Å²) < 4.78 is 0. The largest absolute Gasteiger partial charge is 0.311 e. The van der Waals surface area contributed by atoms with Crippen LogP contribution in [0.5, 0.6) is 0 Å². The Bertz CT molecular complexity index is 226. The first-order chi connectivity index (χ1) is 7.82. The number of hydrogen-bond donors (Lipinski definition) is 1. The van der Waals surface area contributed by atoms with Crippen LogP contribution >= 0.6 is 0 Å². The van der Waals surface area contributed by atoms with E-state index in [1.54, 1.807) is 0 Å². The van der Waals surface area contributed by atoms with E-state index in [0.717, 1.165) is 6.54 Å². The third-order valence-electron chi connectivity index (χ3n) is 4.52. The second-order valence-electron chi connectivity index (χ2n) is 6.91. The highest BCUT2D eigenvalue weighted by Crippen LogP contribution is 2.37. The average Bonchev–Trinajstić information content (AvgIpc) is 2.70. The van der Waals surface area contributed by atoms with Crippen LogP contribution in [0, 0.1) is 5.41 Å². The second-order valence-corrected chi connectivity index (χ2v) is 6.91. The van der Waals surface area contributed by atoms with Gasteiger partial charge in [0.15, 0.2) is 0 Å². The minimum Gasteiger partial charge on any atom is -0.311 e. The van der Waals surface area contributed by atoms with Crippen LogP contribution in [0.15, 0.2) is 0 Å². The van der Waals surface area contributed by atoms with Gasteiger partial charge in [0.2, 0.25) is 0 Å². The van der Waals surface area contributed by atoms with Crippen LogP contribution < -0.4 is 5.32 Å². The van der Waals surface area contributed by atoms with Gasteiger partial charge in [-0.05, 0) is 58.9 Å². The lowest BCUT2D eigenvalue weighted by Gasteiger charge is -2.31. The van der Waals surface area contributed by atoms with E-state index in [2.05, 4.69) is 51.8 Å². The molecule has 17 heavy (non-hydrogen) atoms. The zero-order valence-electron chi connectivity index (χ0n) is 12.8. The molecule has 0 radical (unpaired) electrons. The highest BCUT2D eigenvalue weighted by Gasteiger charge is 2.36. The molecule has 2 heteroatoms. The Morgan fingerprint density at radius 3 is 2.24 bits per heavy atom. The predicted octanol–water partition coefficient (Wildman–Crippen LogP) is 3.28. The Balaban J connectivity index is 2.42. The molecule has 1 N–H and O–H groups in total. The average molecular weight is 240 g/mol. The molecule has 1 aliphatic heterocycles. The van der Waals surface area contributed by atoms with Gasteiger partial charge in [-0.15, -0.1) is 0 Å². The zero-order chi connectivity index (χ0) is 13.1. The second kappa shape index (κ2) is 5.71.